The minimum absolute atomic E-state index is 0.331. The first kappa shape index (κ1) is 18.2. The number of nitrogens with zero attached hydrogens (tertiary/aromatic N) is 2. The molecular weight excluding hydrogens is 371 g/mol. The zero-order valence-electron chi connectivity index (χ0n) is 14.0. The van der Waals surface area contributed by atoms with Crippen LogP contribution >= 0.6 is 23.2 Å². The van der Waals surface area contributed by atoms with Crippen molar-refractivity contribution in [1.29, 1.82) is 0 Å². The minimum Gasteiger partial charge on any atom is -0.350 e. The van der Waals surface area contributed by atoms with Gasteiger partial charge in [0.2, 0.25) is 5.95 Å². The topological polar surface area (TPSA) is 66.9 Å². The molecule has 0 aliphatic carbocycles. The van der Waals surface area contributed by atoms with Crippen LogP contribution in [0.25, 0.3) is 0 Å². The summed E-state index contributed by atoms with van der Waals surface area (Å²) < 4.78 is 0. The van der Waals surface area contributed by atoms with Crippen molar-refractivity contribution in [3.05, 3.63) is 81.6 Å². The van der Waals surface area contributed by atoms with Gasteiger partial charge in [0, 0.05) is 24.0 Å². The molecule has 0 saturated carbocycles. The van der Waals surface area contributed by atoms with Crippen LogP contribution in [-0.4, -0.2) is 15.9 Å². The Morgan fingerprint density at radius 1 is 1.08 bits per heavy atom. The fraction of sp³-hybridized carbons (Fsp3) is 0.105. The molecule has 0 bridgehead atoms. The molecule has 0 aliphatic rings. The van der Waals surface area contributed by atoms with E-state index in [0.29, 0.717) is 33.8 Å². The second kappa shape index (κ2) is 8.17. The Morgan fingerprint density at radius 3 is 2.54 bits per heavy atom. The number of carbonyl (C=O) groups excluding carboxylic acids is 1. The molecule has 1 aromatic heterocycles. The smallest absolute Gasteiger partial charge is 0.258 e. The molecule has 2 N–H and O–H groups in total. The molecule has 0 fully saturated rings. The molecule has 0 aliphatic heterocycles. The van der Waals surface area contributed by atoms with Gasteiger partial charge in [-0.2, -0.15) is 0 Å². The van der Waals surface area contributed by atoms with Crippen LogP contribution in [0.15, 0.2) is 54.9 Å². The van der Waals surface area contributed by atoms with Crippen LogP contribution in [0, 0.1) is 6.92 Å². The number of aromatic nitrogens is 2. The number of rotatable bonds is 5. The van der Waals surface area contributed by atoms with Crippen LogP contribution in [0.2, 0.25) is 10.0 Å². The van der Waals surface area contributed by atoms with Crippen molar-refractivity contribution in [3.63, 3.8) is 0 Å². The summed E-state index contributed by atoms with van der Waals surface area (Å²) in [5.41, 5.74) is 3.13. The van der Waals surface area contributed by atoms with E-state index in [1.165, 1.54) is 18.0 Å². The molecule has 0 saturated heterocycles. The van der Waals surface area contributed by atoms with Crippen molar-refractivity contribution >= 4 is 40.7 Å². The highest BCUT2D eigenvalue weighted by Gasteiger charge is 2.10. The van der Waals surface area contributed by atoms with Crippen LogP contribution in [0.3, 0.4) is 0 Å². The van der Waals surface area contributed by atoms with Gasteiger partial charge in [0.05, 0.1) is 16.3 Å². The summed E-state index contributed by atoms with van der Waals surface area (Å²) in [4.78, 5) is 20.6. The lowest BCUT2D eigenvalue weighted by atomic mass is 10.1. The lowest BCUT2D eigenvalue weighted by Gasteiger charge is -2.08. The third-order valence-corrected chi connectivity index (χ3v) is 4.17. The first-order valence-corrected chi connectivity index (χ1v) is 8.65. The zero-order valence-corrected chi connectivity index (χ0v) is 15.5. The molecule has 0 spiro atoms. The third kappa shape index (κ3) is 4.71. The maximum atomic E-state index is 12.3. The van der Waals surface area contributed by atoms with Gasteiger partial charge in [-0.25, -0.2) is 9.97 Å². The molecule has 1 heterocycles. The van der Waals surface area contributed by atoms with Gasteiger partial charge >= 0.3 is 0 Å². The van der Waals surface area contributed by atoms with E-state index in [4.69, 9.17) is 23.2 Å². The van der Waals surface area contributed by atoms with E-state index in [-0.39, 0.29) is 5.91 Å². The molecule has 0 atom stereocenters. The standard InChI is InChI=1S/C19H16Cl2N4O/c1-12-3-2-4-13(7-12)9-22-19-23-10-14(11-24-19)18(26)25-17-6-5-15(20)8-16(17)21/h2-8,10-11H,9H2,1H3,(H,25,26)(H,22,23,24). The summed E-state index contributed by atoms with van der Waals surface area (Å²) in [7, 11) is 0. The van der Waals surface area contributed by atoms with E-state index in [0.717, 1.165) is 5.56 Å². The van der Waals surface area contributed by atoms with Crippen LogP contribution in [-0.2, 0) is 6.54 Å². The van der Waals surface area contributed by atoms with Gasteiger partial charge in [-0.1, -0.05) is 53.0 Å². The first-order chi connectivity index (χ1) is 12.5. The van der Waals surface area contributed by atoms with Crippen LogP contribution < -0.4 is 10.6 Å². The Bertz CT molecular complexity index is 929. The number of nitrogens with one attached hydrogen (secondary N) is 2. The predicted molar refractivity (Wildman–Crippen MR) is 105 cm³/mol. The van der Waals surface area contributed by atoms with Gasteiger partial charge in [-0.3, -0.25) is 4.79 Å². The maximum Gasteiger partial charge on any atom is 0.258 e. The van der Waals surface area contributed by atoms with Crippen molar-refractivity contribution in [3.8, 4) is 0 Å². The lowest BCUT2D eigenvalue weighted by molar-refractivity contribution is 0.102. The normalized spacial score (nSPS) is 10.4. The van der Waals surface area contributed by atoms with Crippen molar-refractivity contribution < 1.29 is 4.79 Å². The van der Waals surface area contributed by atoms with Crippen molar-refractivity contribution in [2.24, 2.45) is 0 Å². The average molecular weight is 387 g/mol. The monoisotopic (exact) mass is 386 g/mol. The van der Waals surface area contributed by atoms with Crippen molar-refractivity contribution in [2.45, 2.75) is 13.5 Å². The number of halogens is 2. The van der Waals surface area contributed by atoms with Crippen LogP contribution in [0.5, 0.6) is 0 Å². The highest BCUT2D eigenvalue weighted by Crippen LogP contribution is 2.25. The average Bonchev–Trinajstić information content (AvgIpc) is 2.63. The Balaban J connectivity index is 1.62. The van der Waals surface area contributed by atoms with Crippen LogP contribution in [0.1, 0.15) is 21.5 Å². The minimum atomic E-state index is -0.348. The Labute approximate surface area is 161 Å². The van der Waals surface area contributed by atoms with E-state index in [1.807, 2.05) is 25.1 Å². The second-order valence-electron chi connectivity index (χ2n) is 5.72. The molecule has 1 amide bonds. The Morgan fingerprint density at radius 2 is 1.85 bits per heavy atom. The number of hydrogen-bond donors (Lipinski definition) is 2. The van der Waals surface area contributed by atoms with Gasteiger partial charge in [-0.05, 0) is 30.7 Å². The zero-order chi connectivity index (χ0) is 18.5. The number of amides is 1. The molecule has 0 radical (unpaired) electrons. The highest BCUT2D eigenvalue weighted by atomic mass is 35.5. The van der Waals surface area contributed by atoms with Gasteiger partial charge in [-0.15, -0.1) is 0 Å². The summed E-state index contributed by atoms with van der Waals surface area (Å²) in [6.45, 7) is 2.65. The molecule has 5 nitrogen and oxygen atoms in total. The van der Waals surface area contributed by atoms with E-state index >= 15 is 0 Å². The number of aryl methyl sites for hydroxylation is 1. The van der Waals surface area contributed by atoms with E-state index in [2.05, 4.69) is 26.7 Å². The summed E-state index contributed by atoms with van der Waals surface area (Å²) in [5, 5.41) is 6.70. The molecular formula is C19H16Cl2N4O. The number of benzene rings is 2. The van der Waals surface area contributed by atoms with Gasteiger partial charge in [0.1, 0.15) is 0 Å². The number of carbonyl (C=O) groups is 1. The summed E-state index contributed by atoms with van der Waals surface area (Å²) >= 11 is 11.9. The second-order valence-corrected chi connectivity index (χ2v) is 6.56. The molecule has 2 aromatic carbocycles. The molecule has 132 valence electrons. The SMILES string of the molecule is Cc1cccc(CNc2ncc(C(=O)Nc3ccc(Cl)cc3Cl)cn2)c1. The fourth-order valence-corrected chi connectivity index (χ4v) is 2.78. The molecule has 3 rings (SSSR count). The highest BCUT2D eigenvalue weighted by molar-refractivity contribution is 6.36. The summed E-state index contributed by atoms with van der Waals surface area (Å²) in [6, 6.07) is 13.0. The quantitative estimate of drug-likeness (QED) is 0.650. The Hall–Kier alpha value is -2.63. The molecule has 26 heavy (non-hydrogen) atoms. The number of anilines is 2. The van der Waals surface area contributed by atoms with E-state index < -0.39 is 0 Å². The third-order valence-electron chi connectivity index (χ3n) is 3.63. The summed E-state index contributed by atoms with van der Waals surface area (Å²) in [6.07, 6.45) is 2.93. The van der Waals surface area contributed by atoms with E-state index in [9.17, 15) is 4.79 Å². The largest absolute Gasteiger partial charge is 0.350 e. The summed E-state index contributed by atoms with van der Waals surface area (Å²) in [5.74, 6) is 0.104. The van der Waals surface area contributed by atoms with Crippen molar-refractivity contribution in [1.82, 2.24) is 9.97 Å². The Kier molecular flexibility index (Phi) is 5.71. The van der Waals surface area contributed by atoms with Gasteiger partial charge in [0.25, 0.3) is 5.91 Å². The van der Waals surface area contributed by atoms with Gasteiger partial charge in [0.15, 0.2) is 0 Å². The predicted octanol–water partition coefficient (Wildman–Crippen LogP) is 4.96. The van der Waals surface area contributed by atoms with Crippen molar-refractivity contribution in [2.75, 3.05) is 10.6 Å². The van der Waals surface area contributed by atoms with Crippen LogP contribution in [0.4, 0.5) is 11.6 Å². The maximum absolute atomic E-state index is 12.3. The molecule has 3 aromatic rings. The lowest BCUT2D eigenvalue weighted by Crippen LogP contribution is -2.13. The first-order valence-electron chi connectivity index (χ1n) is 7.89. The molecule has 7 heteroatoms. The number of hydrogen-bond acceptors (Lipinski definition) is 4. The van der Waals surface area contributed by atoms with Gasteiger partial charge < -0.3 is 10.6 Å². The van der Waals surface area contributed by atoms with E-state index in [1.54, 1.807) is 18.2 Å². The molecule has 0 unspecified atom stereocenters. The fourth-order valence-electron chi connectivity index (χ4n) is 2.33.